The van der Waals surface area contributed by atoms with Gasteiger partial charge in [0.25, 0.3) is 0 Å². The molecule has 36 heavy (non-hydrogen) atoms. The van der Waals surface area contributed by atoms with E-state index in [4.69, 9.17) is 0 Å². The highest BCUT2D eigenvalue weighted by atomic mass is 32.2. The van der Waals surface area contributed by atoms with E-state index >= 15 is 0 Å². The minimum atomic E-state index is -3.53. The van der Waals surface area contributed by atoms with Crippen LogP contribution in [-0.2, 0) is 26.2 Å². The Labute approximate surface area is 216 Å². The van der Waals surface area contributed by atoms with Crippen LogP contribution in [0.1, 0.15) is 61.8 Å². The SMILES string of the molecule is CCCNC(=O)[C@@H](CC)N(Cc1ccccc1C)C(=O)CCCN(c1cc(C)ccc1C)S(C)(=O)=O. The maximum atomic E-state index is 13.5. The third kappa shape index (κ3) is 8.08. The van der Waals surface area contributed by atoms with Crippen LogP contribution in [0.25, 0.3) is 0 Å². The summed E-state index contributed by atoms with van der Waals surface area (Å²) >= 11 is 0. The molecule has 2 aromatic rings. The van der Waals surface area contributed by atoms with Gasteiger partial charge in [-0.15, -0.1) is 0 Å². The molecule has 1 atom stereocenters. The van der Waals surface area contributed by atoms with Crippen LogP contribution in [0.3, 0.4) is 0 Å². The molecule has 2 aromatic carbocycles. The van der Waals surface area contributed by atoms with Crippen molar-refractivity contribution in [2.45, 2.75) is 72.9 Å². The summed E-state index contributed by atoms with van der Waals surface area (Å²) in [6.45, 7) is 10.8. The zero-order valence-electron chi connectivity index (χ0n) is 22.5. The molecule has 0 aliphatic rings. The predicted octanol–water partition coefficient (Wildman–Crippen LogP) is 4.49. The van der Waals surface area contributed by atoms with Crippen molar-refractivity contribution in [3.05, 3.63) is 64.7 Å². The van der Waals surface area contributed by atoms with Gasteiger partial charge in [-0.1, -0.05) is 50.2 Å². The number of hydrogen-bond acceptors (Lipinski definition) is 4. The van der Waals surface area contributed by atoms with Gasteiger partial charge < -0.3 is 10.2 Å². The Balaban J connectivity index is 2.25. The quantitative estimate of drug-likeness (QED) is 0.426. The number of amides is 2. The lowest BCUT2D eigenvalue weighted by Crippen LogP contribution is -2.49. The summed E-state index contributed by atoms with van der Waals surface area (Å²) in [6, 6.07) is 12.9. The van der Waals surface area contributed by atoms with Crippen LogP contribution in [-0.4, -0.2) is 50.5 Å². The molecule has 8 heteroatoms. The second kappa shape index (κ2) is 13.4. The van der Waals surface area contributed by atoms with E-state index in [9.17, 15) is 18.0 Å². The molecule has 0 bridgehead atoms. The number of nitrogens with zero attached hydrogens (tertiary/aromatic N) is 2. The average Bonchev–Trinajstić information content (AvgIpc) is 2.82. The standard InChI is InChI=1S/C28H41N3O4S/c1-7-17-29-28(33)25(8-2)30(20-24-13-10-9-12-22(24)4)27(32)14-11-18-31(36(6,34)35)26-19-21(3)15-16-23(26)5/h9-10,12-13,15-16,19,25H,7-8,11,14,17-18,20H2,1-6H3,(H,29,33)/t25-/m1/s1. The summed E-state index contributed by atoms with van der Waals surface area (Å²) in [4.78, 5) is 28.1. The monoisotopic (exact) mass is 515 g/mol. The van der Waals surface area contributed by atoms with Crippen molar-refractivity contribution in [1.29, 1.82) is 0 Å². The Morgan fingerprint density at radius 3 is 2.31 bits per heavy atom. The van der Waals surface area contributed by atoms with Gasteiger partial charge in [-0.05, 0) is 68.4 Å². The van der Waals surface area contributed by atoms with Gasteiger partial charge in [0.1, 0.15) is 6.04 Å². The first-order valence-corrected chi connectivity index (χ1v) is 14.5. The fourth-order valence-corrected chi connectivity index (χ4v) is 5.24. The molecule has 0 aliphatic carbocycles. The minimum Gasteiger partial charge on any atom is -0.354 e. The van der Waals surface area contributed by atoms with E-state index in [1.54, 1.807) is 4.90 Å². The third-order valence-electron chi connectivity index (χ3n) is 6.32. The minimum absolute atomic E-state index is 0.139. The van der Waals surface area contributed by atoms with Crippen molar-refractivity contribution >= 4 is 27.5 Å². The van der Waals surface area contributed by atoms with Gasteiger partial charge >= 0.3 is 0 Å². The summed E-state index contributed by atoms with van der Waals surface area (Å²) < 4.78 is 26.6. The first kappa shape index (κ1) is 29.4. The molecule has 7 nitrogen and oxygen atoms in total. The van der Waals surface area contributed by atoms with Crippen molar-refractivity contribution in [1.82, 2.24) is 10.2 Å². The second-order valence-electron chi connectivity index (χ2n) is 9.39. The molecule has 0 aromatic heterocycles. The smallest absolute Gasteiger partial charge is 0.242 e. The lowest BCUT2D eigenvalue weighted by molar-refractivity contribution is -0.141. The molecular weight excluding hydrogens is 474 g/mol. The van der Waals surface area contributed by atoms with Crippen LogP contribution < -0.4 is 9.62 Å². The molecule has 198 valence electrons. The fourth-order valence-electron chi connectivity index (χ4n) is 4.23. The number of carbonyl (C=O) groups excluding carboxylic acids is 2. The summed E-state index contributed by atoms with van der Waals surface area (Å²) in [6.07, 6.45) is 2.97. The summed E-state index contributed by atoms with van der Waals surface area (Å²) in [5.41, 5.74) is 4.50. The Morgan fingerprint density at radius 1 is 1.00 bits per heavy atom. The van der Waals surface area contributed by atoms with Crippen molar-refractivity contribution in [2.75, 3.05) is 23.7 Å². The summed E-state index contributed by atoms with van der Waals surface area (Å²) in [5, 5.41) is 2.93. The number of anilines is 1. The fraction of sp³-hybridized carbons (Fsp3) is 0.500. The van der Waals surface area contributed by atoms with E-state index in [2.05, 4.69) is 5.32 Å². The first-order chi connectivity index (χ1) is 17.0. The number of aryl methyl sites for hydroxylation is 3. The average molecular weight is 516 g/mol. The van der Waals surface area contributed by atoms with E-state index in [0.717, 1.165) is 28.7 Å². The lowest BCUT2D eigenvalue weighted by Gasteiger charge is -2.31. The van der Waals surface area contributed by atoms with Gasteiger partial charge in [0.15, 0.2) is 0 Å². The zero-order valence-corrected chi connectivity index (χ0v) is 23.3. The maximum Gasteiger partial charge on any atom is 0.242 e. The van der Waals surface area contributed by atoms with E-state index in [-0.39, 0.29) is 24.8 Å². The molecule has 0 saturated carbocycles. The molecule has 2 amide bonds. The molecule has 0 unspecified atom stereocenters. The lowest BCUT2D eigenvalue weighted by atomic mass is 10.0. The normalized spacial score (nSPS) is 12.2. The maximum absolute atomic E-state index is 13.5. The number of sulfonamides is 1. The molecule has 0 heterocycles. The molecule has 1 N–H and O–H groups in total. The highest BCUT2D eigenvalue weighted by Crippen LogP contribution is 2.25. The Kier molecular flexibility index (Phi) is 11.0. The van der Waals surface area contributed by atoms with Gasteiger partial charge in [0.2, 0.25) is 21.8 Å². The Morgan fingerprint density at radius 2 is 1.69 bits per heavy atom. The third-order valence-corrected chi connectivity index (χ3v) is 7.50. The molecular formula is C28H41N3O4S. The largest absolute Gasteiger partial charge is 0.354 e. The van der Waals surface area contributed by atoms with Crippen LogP contribution in [0.2, 0.25) is 0 Å². The Bertz CT molecular complexity index is 1150. The summed E-state index contributed by atoms with van der Waals surface area (Å²) in [5.74, 6) is -0.319. The predicted molar refractivity (Wildman–Crippen MR) is 146 cm³/mol. The number of rotatable bonds is 13. The van der Waals surface area contributed by atoms with E-state index in [1.807, 2.05) is 77.1 Å². The number of carbonyl (C=O) groups is 2. The molecule has 0 radical (unpaired) electrons. The van der Waals surface area contributed by atoms with E-state index in [0.29, 0.717) is 31.6 Å². The Hall–Kier alpha value is -2.87. The highest BCUT2D eigenvalue weighted by molar-refractivity contribution is 7.92. The van der Waals surface area contributed by atoms with Crippen LogP contribution in [0.15, 0.2) is 42.5 Å². The topological polar surface area (TPSA) is 86.8 Å². The second-order valence-corrected chi connectivity index (χ2v) is 11.3. The van der Waals surface area contributed by atoms with Crippen molar-refractivity contribution in [3.63, 3.8) is 0 Å². The summed E-state index contributed by atoms with van der Waals surface area (Å²) in [7, 11) is -3.53. The number of hydrogen-bond donors (Lipinski definition) is 1. The molecule has 0 saturated heterocycles. The van der Waals surface area contributed by atoms with Gasteiger partial charge in [-0.25, -0.2) is 8.42 Å². The molecule has 2 rings (SSSR count). The number of benzene rings is 2. The van der Waals surface area contributed by atoms with Gasteiger partial charge in [0, 0.05) is 26.1 Å². The highest BCUT2D eigenvalue weighted by Gasteiger charge is 2.29. The van der Waals surface area contributed by atoms with E-state index in [1.165, 1.54) is 10.6 Å². The van der Waals surface area contributed by atoms with Crippen LogP contribution in [0.5, 0.6) is 0 Å². The van der Waals surface area contributed by atoms with Crippen LogP contribution in [0.4, 0.5) is 5.69 Å². The van der Waals surface area contributed by atoms with Crippen LogP contribution in [0, 0.1) is 20.8 Å². The van der Waals surface area contributed by atoms with Gasteiger partial charge in [0.05, 0.1) is 11.9 Å². The van der Waals surface area contributed by atoms with Gasteiger partial charge in [-0.2, -0.15) is 0 Å². The zero-order chi connectivity index (χ0) is 26.9. The van der Waals surface area contributed by atoms with Crippen LogP contribution >= 0.6 is 0 Å². The van der Waals surface area contributed by atoms with Crippen molar-refractivity contribution < 1.29 is 18.0 Å². The first-order valence-electron chi connectivity index (χ1n) is 12.7. The van der Waals surface area contributed by atoms with Crippen molar-refractivity contribution in [2.24, 2.45) is 0 Å². The molecule has 0 fully saturated rings. The number of nitrogens with one attached hydrogen (secondary N) is 1. The molecule has 0 spiro atoms. The van der Waals surface area contributed by atoms with E-state index < -0.39 is 16.1 Å². The van der Waals surface area contributed by atoms with Gasteiger partial charge in [-0.3, -0.25) is 13.9 Å². The van der Waals surface area contributed by atoms with Crippen molar-refractivity contribution in [3.8, 4) is 0 Å². The molecule has 0 aliphatic heterocycles.